The second-order valence-corrected chi connectivity index (χ2v) is 15.6. The van der Waals surface area contributed by atoms with Crippen LogP contribution in [0.3, 0.4) is 0 Å². The first-order valence-corrected chi connectivity index (χ1v) is 19.9. The Morgan fingerprint density at radius 2 is 0.881 bits per heavy atom. The summed E-state index contributed by atoms with van der Waals surface area (Å²) in [6, 6.07) is 68.0. The molecule has 0 spiro atoms. The van der Waals surface area contributed by atoms with Crippen LogP contribution >= 0.6 is 0 Å². The zero-order valence-electron chi connectivity index (χ0n) is 32.8. The van der Waals surface area contributed by atoms with Crippen LogP contribution in [0.4, 0.5) is 0 Å². The van der Waals surface area contributed by atoms with Gasteiger partial charge in [0.05, 0.1) is 28.7 Å². The summed E-state index contributed by atoms with van der Waals surface area (Å²) in [7, 11) is 0. The Balaban J connectivity index is 1.05. The maximum Gasteiger partial charge on any atom is 0.160 e. The van der Waals surface area contributed by atoms with E-state index in [1.165, 1.54) is 33.4 Å². The number of pyridine rings is 1. The Morgan fingerprint density at radius 1 is 0.390 bits per heavy atom. The van der Waals surface area contributed by atoms with Crippen molar-refractivity contribution < 1.29 is 0 Å². The quantitative estimate of drug-likeness (QED) is 0.163. The first-order chi connectivity index (χ1) is 28.9. The molecular formula is C55H38N4. The molecule has 0 aliphatic heterocycles. The molecule has 0 amide bonds. The fourth-order valence-electron chi connectivity index (χ4n) is 8.39. The van der Waals surface area contributed by atoms with E-state index in [-0.39, 0.29) is 5.41 Å². The van der Waals surface area contributed by atoms with Crippen LogP contribution in [0.1, 0.15) is 30.5 Å². The van der Waals surface area contributed by atoms with Crippen molar-refractivity contribution in [1.82, 2.24) is 15.0 Å². The minimum atomic E-state index is -0.206. The lowest BCUT2D eigenvalue weighted by molar-refractivity contribution is 0.660. The zero-order valence-corrected chi connectivity index (χ0v) is 32.8. The highest BCUT2D eigenvalue weighted by Crippen LogP contribution is 2.50. The van der Waals surface area contributed by atoms with Crippen molar-refractivity contribution in [2.45, 2.75) is 19.3 Å². The van der Waals surface area contributed by atoms with Gasteiger partial charge in [-0.1, -0.05) is 147 Å². The van der Waals surface area contributed by atoms with E-state index in [2.05, 4.69) is 159 Å². The topological polar surface area (TPSA) is 62.5 Å². The Kier molecular flexibility index (Phi) is 8.85. The smallest absolute Gasteiger partial charge is 0.160 e. The lowest BCUT2D eigenvalue weighted by Crippen LogP contribution is -2.15. The van der Waals surface area contributed by atoms with Crippen LogP contribution in [0.15, 0.2) is 194 Å². The molecule has 0 radical (unpaired) electrons. The molecule has 278 valence electrons. The predicted molar refractivity (Wildman–Crippen MR) is 240 cm³/mol. The summed E-state index contributed by atoms with van der Waals surface area (Å²) in [5, 5.41) is 9.59. The molecule has 9 aromatic rings. The average Bonchev–Trinajstić information content (AvgIpc) is 3.54. The number of hydrogen-bond acceptors (Lipinski definition) is 4. The SMILES string of the molecule is CC1(C)c2cc(C#N)ccc2-c2ccc(-c3ccc(-c4cc(-c5ccccn5)cc(-c5cc(-c6ccc(-c7ccccc7)cc6)nc(-c6ccccc6)n5)c4)cc3)cc21. The van der Waals surface area contributed by atoms with Crippen molar-refractivity contribution in [1.29, 1.82) is 5.26 Å². The minimum Gasteiger partial charge on any atom is -0.256 e. The summed E-state index contributed by atoms with van der Waals surface area (Å²) >= 11 is 0. The van der Waals surface area contributed by atoms with Gasteiger partial charge in [0, 0.05) is 33.9 Å². The number of fused-ring (bicyclic) bond motifs is 3. The molecule has 1 aliphatic carbocycles. The van der Waals surface area contributed by atoms with Gasteiger partial charge in [-0.05, 0) is 110 Å². The number of nitrogens with zero attached hydrogens (tertiary/aromatic N) is 4. The summed E-state index contributed by atoms with van der Waals surface area (Å²) in [6.07, 6.45) is 1.84. The molecule has 4 nitrogen and oxygen atoms in total. The molecular weight excluding hydrogens is 717 g/mol. The van der Waals surface area contributed by atoms with Gasteiger partial charge in [0.15, 0.2) is 5.82 Å². The standard InChI is InChI=1S/C55H38N4/c1-55(2)49-29-36(35-56)16-26-47(49)48-27-25-43(33-50(48)55)39-17-19-40(20-18-39)44-30-45(51-15-9-10-28-57-51)32-46(31-44)53-34-52(58-54(59-53)42-13-7-4-8-14-42)41-23-21-38(22-24-41)37-11-5-3-6-12-37/h3-34H,1-2H3. The molecule has 0 bridgehead atoms. The predicted octanol–water partition coefficient (Wildman–Crippen LogP) is 13.7. The molecule has 0 saturated carbocycles. The van der Waals surface area contributed by atoms with Crippen molar-refractivity contribution >= 4 is 0 Å². The van der Waals surface area contributed by atoms with Gasteiger partial charge in [0.2, 0.25) is 0 Å². The van der Waals surface area contributed by atoms with Crippen molar-refractivity contribution in [2.75, 3.05) is 0 Å². The number of nitriles is 1. The van der Waals surface area contributed by atoms with Crippen LogP contribution in [0.2, 0.25) is 0 Å². The van der Waals surface area contributed by atoms with Crippen LogP contribution in [-0.4, -0.2) is 15.0 Å². The van der Waals surface area contributed by atoms with E-state index in [4.69, 9.17) is 15.0 Å². The Bertz CT molecular complexity index is 3040. The summed E-state index contributed by atoms with van der Waals surface area (Å²) in [4.78, 5) is 15.1. The van der Waals surface area contributed by atoms with Gasteiger partial charge in [-0.15, -0.1) is 0 Å². The van der Waals surface area contributed by atoms with Crippen molar-refractivity contribution in [3.63, 3.8) is 0 Å². The van der Waals surface area contributed by atoms with Gasteiger partial charge in [-0.2, -0.15) is 5.26 Å². The minimum absolute atomic E-state index is 0.206. The van der Waals surface area contributed by atoms with Gasteiger partial charge in [0.1, 0.15) is 0 Å². The summed E-state index contributed by atoms with van der Waals surface area (Å²) in [6.45, 7) is 4.51. The molecule has 2 aromatic heterocycles. The van der Waals surface area contributed by atoms with E-state index in [0.717, 1.165) is 61.6 Å². The Morgan fingerprint density at radius 3 is 1.53 bits per heavy atom. The highest BCUT2D eigenvalue weighted by molar-refractivity contribution is 5.86. The largest absolute Gasteiger partial charge is 0.256 e. The molecule has 7 aromatic carbocycles. The van der Waals surface area contributed by atoms with Crippen LogP contribution in [0, 0.1) is 11.3 Å². The third-order valence-electron chi connectivity index (χ3n) is 11.6. The molecule has 10 rings (SSSR count). The second-order valence-electron chi connectivity index (χ2n) is 15.6. The van der Waals surface area contributed by atoms with Crippen LogP contribution < -0.4 is 0 Å². The molecule has 0 unspecified atom stereocenters. The van der Waals surface area contributed by atoms with Gasteiger partial charge >= 0.3 is 0 Å². The summed E-state index contributed by atoms with van der Waals surface area (Å²) < 4.78 is 0. The van der Waals surface area contributed by atoms with Crippen LogP contribution in [0.5, 0.6) is 0 Å². The first-order valence-electron chi connectivity index (χ1n) is 19.9. The molecule has 2 heterocycles. The van der Waals surface area contributed by atoms with Crippen LogP contribution in [-0.2, 0) is 5.41 Å². The fraction of sp³-hybridized carbons (Fsp3) is 0.0545. The Hall–Kier alpha value is -7.74. The molecule has 0 N–H and O–H groups in total. The van der Waals surface area contributed by atoms with E-state index >= 15 is 0 Å². The monoisotopic (exact) mass is 754 g/mol. The van der Waals surface area contributed by atoms with Gasteiger partial charge in [-0.3, -0.25) is 4.98 Å². The number of benzene rings is 7. The van der Waals surface area contributed by atoms with E-state index in [9.17, 15) is 5.26 Å². The molecule has 4 heteroatoms. The van der Waals surface area contributed by atoms with Gasteiger partial charge < -0.3 is 0 Å². The lowest BCUT2D eigenvalue weighted by atomic mass is 9.81. The van der Waals surface area contributed by atoms with E-state index in [1.54, 1.807) is 0 Å². The Labute approximate surface area is 344 Å². The molecule has 0 atom stereocenters. The van der Waals surface area contributed by atoms with Gasteiger partial charge in [0.25, 0.3) is 0 Å². The van der Waals surface area contributed by atoms with Crippen molar-refractivity contribution in [3.05, 3.63) is 211 Å². The molecule has 0 saturated heterocycles. The fourth-order valence-corrected chi connectivity index (χ4v) is 8.39. The number of rotatable bonds is 7. The summed E-state index contributed by atoms with van der Waals surface area (Å²) in [5.74, 6) is 0.672. The first kappa shape index (κ1) is 35.7. The van der Waals surface area contributed by atoms with Crippen molar-refractivity contribution in [3.8, 4) is 95.7 Å². The maximum absolute atomic E-state index is 9.59. The van der Waals surface area contributed by atoms with E-state index in [0.29, 0.717) is 11.4 Å². The highest BCUT2D eigenvalue weighted by atomic mass is 14.9. The van der Waals surface area contributed by atoms with E-state index < -0.39 is 0 Å². The number of aromatic nitrogens is 3. The molecule has 1 aliphatic rings. The molecule has 0 fully saturated rings. The zero-order chi connectivity index (χ0) is 39.9. The second kappa shape index (κ2) is 14.6. The molecule has 59 heavy (non-hydrogen) atoms. The van der Waals surface area contributed by atoms with Crippen molar-refractivity contribution in [2.24, 2.45) is 0 Å². The number of hydrogen-bond donors (Lipinski definition) is 0. The third kappa shape index (κ3) is 6.69. The van der Waals surface area contributed by atoms with E-state index in [1.807, 2.05) is 54.7 Å². The average molecular weight is 755 g/mol. The third-order valence-corrected chi connectivity index (χ3v) is 11.6. The normalized spacial score (nSPS) is 12.4. The summed E-state index contributed by atoms with van der Waals surface area (Å²) in [5.41, 5.74) is 18.8. The lowest BCUT2D eigenvalue weighted by Gasteiger charge is -2.22. The highest BCUT2D eigenvalue weighted by Gasteiger charge is 2.35. The van der Waals surface area contributed by atoms with Gasteiger partial charge in [-0.25, -0.2) is 9.97 Å². The maximum atomic E-state index is 9.59. The van der Waals surface area contributed by atoms with Crippen LogP contribution in [0.25, 0.3) is 89.7 Å².